The average Bonchev–Trinajstić information content (AvgIpc) is 2.88. The van der Waals surface area contributed by atoms with E-state index in [1.165, 1.54) is 0 Å². The van der Waals surface area contributed by atoms with Crippen LogP contribution in [0.1, 0.15) is 33.6 Å². The van der Waals surface area contributed by atoms with Gasteiger partial charge < -0.3 is 19.6 Å². The van der Waals surface area contributed by atoms with Gasteiger partial charge in [0, 0.05) is 19.6 Å². The number of carboxylic acids is 1. The lowest BCUT2D eigenvalue weighted by atomic mass is 10.0. The molecule has 3 unspecified atom stereocenters. The van der Waals surface area contributed by atoms with Gasteiger partial charge in [-0.25, -0.2) is 4.79 Å². The van der Waals surface area contributed by atoms with Crippen LogP contribution >= 0.6 is 0 Å². The summed E-state index contributed by atoms with van der Waals surface area (Å²) in [5.41, 5.74) is 0. The molecule has 20 heavy (non-hydrogen) atoms. The van der Waals surface area contributed by atoms with Crippen molar-refractivity contribution in [2.45, 2.75) is 45.7 Å². The van der Waals surface area contributed by atoms with E-state index in [4.69, 9.17) is 4.74 Å². The van der Waals surface area contributed by atoms with Gasteiger partial charge in [0.15, 0.2) is 0 Å². The van der Waals surface area contributed by atoms with E-state index in [-0.39, 0.29) is 24.7 Å². The maximum atomic E-state index is 12.5. The molecule has 1 N–H and O–H groups in total. The van der Waals surface area contributed by atoms with Crippen LogP contribution < -0.4 is 0 Å². The number of amides is 2. The van der Waals surface area contributed by atoms with Gasteiger partial charge in [-0.2, -0.15) is 0 Å². The average molecular weight is 286 g/mol. The summed E-state index contributed by atoms with van der Waals surface area (Å²) >= 11 is 0. The van der Waals surface area contributed by atoms with Crippen molar-refractivity contribution in [1.82, 2.24) is 9.80 Å². The Hall–Kier alpha value is -1.30. The molecule has 1 fully saturated rings. The van der Waals surface area contributed by atoms with Crippen LogP contribution in [0.15, 0.2) is 0 Å². The molecule has 6 nitrogen and oxygen atoms in total. The molecular weight excluding hydrogens is 260 g/mol. The monoisotopic (exact) mass is 286 g/mol. The van der Waals surface area contributed by atoms with E-state index in [2.05, 4.69) is 6.92 Å². The Balaban J connectivity index is 2.79. The molecule has 1 heterocycles. The van der Waals surface area contributed by atoms with Gasteiger partial charge in [0.2, 0.25) is 0 Å². The van der Waals surface area contributed by atoms with Crippen molar-refractivity contribution in [3.8, 4) is 0 Å². The minimum Gasteiger partial charge on any atom is -0.481 e. The van der Waals surface area contributed by atoms with Crippen molar-refractivity contribution in [2.24, 2.45) is 5.92 Å². The molecule has 0 spiro atoms. The normalized spacial score (nSPS) is 23.4. The summed E-state index contributed by atoms with van der Waals surface area (Å²) in [6.45, 7) is 6.92. The maximum absolute atomic E-state index is 12.5. The quantitative estimate of drug-likeness (QED) is 0.806. The molecule has 0 aliphatic carbocycles. The fraction of sp³-hybridized carbons (Fsp3) is 0.857. The van der Waals surface area contributed by atoms with Crippen LogP contribution in [0.25, 0.3) is 0 Å². The van der Waals surface area contributed by atoms with Gasteiger partial charge >= 0.3 is 12.0 Å². The number of likely N-dealkylation sites (N-methyl/N-ethyl adjacent to an activating group) is 1. The predicted molar refractivity (Wildman–Crippen MR) is 75.6 cm³/mol. The summed E-state index contributed by atoms with van der Waals surface area (Å²) in [6, 6.07) is -0.344. The van der Waals surface area contributed by atoms with Crippen molar-refractivity contribution in [3.63, 3.8) is 0 Å². The lowest BCUT2D eigenvalue weighted by molar-refractivity contribution is -0.142. The Bertz CT molecular complexity index is 348. The number of rotatable bonds is 6. The van der Waals surface area contributed by atoms with Gasteiger partial charge in [-0.3, -0.25) is 4.79 Å². The molecule has 6 heteroatoms. The van der Waals surface area contributed by atoms with Crippen LogP contribution in [0.4, 0.5) is 4.79 Å². The van der Waals surface area contributed by atoms with E-state index in [0.29, 0.717) is 13.2 Å². The third-order valence-corrected chi connectivity index (χ3v) is 4.02. The summed E-state index contributed by atoms with van der Waals surface area (Å²) in [7, 11) is 1.77. The smallest absolute Gasteiger partial charge is 0.320 e. The van der Waals surface area contributed by atoms with Crippen LogP contribution in [-0.4, -0.2) is 65.8 Å². The number of urea groups is 1. The molecule has 0 aromatic heterocycles. The highest BCUT2D eigenvalue weighted by Gasteiger charge is 2.40. The lowest BCUT2D eigenvalue weighted by Gasteiger charge is -2.35. The molecule has 3 atom stereocenters. The SMILES string of the molecule is CCCC(C)N(C)C(=O)N(CC)C1COCC1C(=O)O. The zero-order chi connectivity index (χ0) is 15.3. The first kappa shape index (κ1) is 16.8. The molecule has 1 aliphatic rings. The summed E-state index contributed by atoms with van der Waals surface area (Å²) in [6.07, 6.45) is 1.94. The highest BCUT2D eigenvalue weighted by atomic mass is 16.5. The minimum atomic E-state index is -0.900. The molecule has 0 saturated carbocycles. The van der Waals surface area contributed by atoms with Crippen LogP contribution in [0, 0.1) is 5.92 Å². The molecule has 2 amide bonds. The highest BCUT2D eigenvalue weighted by Crippen LogP contribution is 2.22. The third-order valence-electron chi connectivity index (χ3n) is 4.02. The summed E-state index contributed by atoms with van der Waals surface area (Å²) in [5, 5.41) is 9.21. The molecule has 0 aromatic carbocycles. The minimum absolute atomic E-state index is 0.116. The number of carboxylic acid groups (broad SMARTS) is 1. The second-order valence-electron chi connectivity index (χ2n) is 5.37. The second kappa shape index (κ2) is 7.47. The fourth-order valence-corrected chi connectivity index (χ4v) is 2.60. The van der Waals surface area contributed by atoms with Crippen molar-refractivity contribution >= 4 is 12.0 Å². The van der Waals surface area contributed by atoms with Crippen LogP contribution in [0.5, 0.6) is 0 Å². The Labute approximate surface area is 120 Å². The number of ether oxygens (including phenoxy) is 1. The van der Waals surface area contributed by atoms with E-state index in [1.54, 1.807) is 16.8 Å². The van der Waals surface area contributed by atoms with E-state index in [0.717, 1.165) is 12.8 Å². The summed E-state index contributed by atoms with van der Waals surface area (Å²) < 4.78 is 5.26. The molecule has 116 valence electrons. The number of carbonyl (C=O) groups excluding carboxylic acids is 1. The standard InChI is InChI=1S/C14H26N2O4/c1-5-7-10(3)15(4)14(19)16(6-2)12-9-20-8-11(12)13(17)18/h10-12H,5-9H2,1-4H3,(H,17,18). The zero-order valence-corrected chi connectivity index (χ0v) is 12.8. The fourth-order valence-electron chi connectivity index (χ4n) is 2.60. The van der Waals surface area contributed by atoms with Gasteiger partial charge in [-0.15, -0.1) is 0 Å². The summed E-state index contributed by atoms with van der Waals surface area (Å²) in [5.74, 6) is -1.53. The largest absolute Gasteiger partial charge is 0.481 e. The first-order valence-corrected chi connectivity index (χ1v) is 7.27. The molecular formula is C14H26N2O4. The Morgan fingerprint density at radius 3 is 2.50 bits per heavy atom. The van der Waals surface area contributed by atoms with Crippen LogP contribution in [-0.2, 0) is 9.53 Å². The summed E-state index contributed by atoms with van der Waals surface area (Å²) in [4.78, 5) is 27.1. The van der Waals surface area contributed by atoms with Gasteiger partial charge in [-0.1, -0.05) is 13.3 Å². The molecule has 0 aromatic rings. The Kier molecular flexibility index (Phi) is 6.26. The topological polar surface area (TPSA) is 70.1 Å². The number of carbonyl (C=O) groups is 2. The van der Waals surface area contributed by atoms with E-state index in [1.807, 2.05) is 13.8 Å². The van der Waals surface area contributed by atoms with Crippen molar-refractivity contribution in [1.29, 1.82) is 0 Å². The first-order chi connectivity index (χ1) is 9.43. The zero-order valence-electron chi connectivity index (χ0n) is 12.8. The highest BCUT2D eigenvalue weighted by molar-refractivity contribution is 5.77. The van der Waals surface area contributed by atoms with Gasteiger partial charge in [-0.05, 0) is 20.3 Å². The Morgan fingerprint density at radius 1 is 1.35 bits per heavy atom. The van der Waals surface area contributed by atoms with Gasteiger partial charge in [0.1, 0.15) is 5.92 Å². The third kappa shape index (κ3) is 3.62. The molecule has 1 saturated heterocycles. The van der Waals surface area contributed by atoms with E-state index in [9.17, 15) is 14.7 Å². The Morgan fingerprint density at radius 2 is 2.00 bits per heavy atom. The predicted octanol–water partition coefficient (Wildman–Crippen LogP) is 1.65. The number of nitrogens with zero attached hydrogens (tertiary/aromatic N) is 2. The van der Waals surface area contributed by atoms with Crippen molar-refractivity contribution in [3.05, 3.63) is 0 Å². The first-order valence-electron chi connectivity index (χ1n) is 7.27. The number of hydrogen-bond acceptors (Lipinski definition) is 3. The molecule has 0 radical (unpaired) electrons. The molecule has 1 aliphatic heterocycles. The maximum Gasteiger partial charge on any atom is 0.320 e. The molecule has 1 rings (SSSR count). The van der Waals surface area contributed by atoms with Crippen molar-refractivity contribution in [2.75, 3.05) is 26.8 Å². The van der Waals surface area contributed by atoms with Crippen LogP contribution in [0.3, 0.4) is 0 Å². The van der Waals surface area contributed by atoms with E-state index < -0.39 is 11.9 Å². The van der Waals surface area contributed by atoms with E-state index >= 15 is 0 Å². The number of hydrogen-bond donors (Lipinski definition) is 1. The van der Waals surface area contributed by atoms with Crippen LogP contribution in [0.2, 0.25) is 0 Å². The molecule has 0 bridgehead atoms. The lowest BCUT2D eigenvalue weighted by Crippen LogP contribution is -2.52. The van der Waals surface area contributed by atoms with Crippen molar-refractivity contribution < 1.29 is 19.4 Å². The van der Waals surface area contributed by atoms with Gasteiger partial charge in [0.25, 0.3) is 0 Å². The number of aliphatic carboxylic acids is 1. The van der Waals surface area contributed by atoms with Gasteiger partial charge in [0.05, 0.1) is 19.3 Å². The second-order valence-corrected chi connectivity index (χ2v) is 5.37.